The average molecular weight is 478 g/mol. The third kappa shape index (κ3) is 3.45. The summed E-state index contributed by atoms with van der Waals surface area (Å²) in [7, 11) is 0. The van der Waals surface area contributed by atoms with Crippen LogP contribution >= 0.6 is 11.6 Å². The zero-order chi connectivity index (χ0) is 24.1. The van der Waals surface area contributed by atoms with Gasteiger partial charge >= 0.3 is 0 Å². The first-order valence-corrected chi connectivity index (χ1v) is 12.0. The standard InChI is InChI=1S/C24H32ClN3O5/c1-5-10-26-20(30)17-18-22(32)28(14(3)12-29)19(24(18)11-13(2)23(17,4)33-24)21(31)27-16-9-7-6-8-15(16)25/h6-9,13-14,17-19,29H,5,10-12H2,1-4H3,(H,26,30)(H,27,31)/t13?,14-,17+,18+,19?,23-,24?/m1/s1. The molecule has 33 heavy (non-hydrogen) atoms. The molecule has 1 aromatic rings. The Hall–Kier alpha value is -2.16. The molecule has 3 aliphatic rings. The molecule has 3 amide bonds. The molecule has 0 saturated carbocycles. The third-order valence-electron chi connectivity index (χ3n) is 7.70. The van der Waals surface area contributed by atoms with Gasteiger partial charge in [0.25, 0.3) is 0 Å². The van der Waals surface area contributed by atoms with E-state index in [2.05, 4.69) is 10.6 Å². The molecule has 2 bridgehead atoms. The van der Waals surface area contributed by atoms with Gasteiger partial charge < -0.3 is 25.4 Å². The lowest BCUT2D eigenvalue weighted by Crippen LogP contribution is -2.56. The van der Waals surface area contributed by atoms with Crippen LogP contribution in [0.5, 0.6) is 0 Å². The Bertz CT molecular complexity index is 973. The van der Waals surface area contributed by atoms with Crippen LogP contribution in [-0.4, -0.2) is 64.2 Å². The van der Waals surface area contributed by atoms with Crippen molar-refractivity contribution in [2.24, 2.45) is 17.8 Å². The zero-order valence-corrected chi connectivity index (χ0v) is 20.2. The van der Waals surface area contributed by atoms with Gasteiger partial charge in [-0.2, -0.15) is 0 Å². The van der Waals surface area contributed by atoms with Crippen LogP contribution in [0.3, 0.4) is 0 Å². The van der Waals surface area contributed by atoms with Gasteiger partial charge in [0, 0.05) is 6.54 Å². The Balaban J connectivity index is 1.78. The maximum Gasteiger partial charge on any atom is 0.250 e. The van der Waals surface area contributed by atoms with E-state index in [0.29, 0.717) is 23.7 Å². The fourth-order valence-electron chi connectivity index (χ4n) is 6.06. The SMILES string of the molecule is CCCNC(=O)[C@@H]1[C@H]2C(=O)N([C@H](C)CO)C(C(=O)Nc3ccccc3Cl)C23CC(C)[C@@]1(C)O3. The second-order valence-electron chi connectivity index (χ2n) is 9.74. The van der Waals surface area contributed by atoms with E-state index in [9.17, 15) is 19.5 Å². The maximum absolute atomic E-state index is 13.8. The minimum atomic E-state index is -1.16. The lowest BCUT2D eigenvalue weighted by atomic mass is 9.62. The molecule has 3 unspecified atom stereocenters. The zero-order valence-electron chi connectivity index (χ0n) is 19.4. The molecule has 3 saturated heterocycles. The highest BCUT2D eigenvalue weighted by Crippen LogP contribution is 2.65. The minimum Gasteiger partial charge on any atom is -0.394 e. The van der Waals surface area contributed by atoms with E-state index in [1.807, 2.05) is 20.8 Å². The summed E-state index contributed by atoms with van der Waals surface area (Å²) < 4.78 is 6.60. The van der Waals surface area contributed by atoms with Crippen LogP contribution in [0.4, 0.5) is 5.69 Å². The third-order valence-corrected chi connectivity index (χ3v) is 8.03. The summed E-state index contributed by atoms with van der Waals surface area (Å²) >= 11 is 6.26. The number of rotatable bonds is 7. The highest BCUT2D eigenvalue weighted by Gasteiger charge is 2.80. The lowest BCUT2D eigenvalue weighted by molar-refractivity contribution is -0.148. The van der Waals surface area contributed by atoms with Gasteiger partial charge in [0.2, 0.25) is 17.7 Å². The van der Waals surface area contributed by atoms with Crippen molar-refractivity contribution in [3.8, 4) is 0 Å². The van der Waals surface area contributed by atoms with Crippen molar-refractivity contribution in [2.75, 3.05) is 18.5 Å². The van der Waals surface area contributed by atoms with Crippen molar-refractivity contribution in [1.82, 2.24) is 10.2 Å². The van der Waals surface area contributed by atoms with E-state index in [0.717, 1.165) is 6.42 Å². The Morgan fingerprint density at radius 1 is 1.33 bits per heavy atom. The largest absolute Gasteiger partial charge is 0.394 e. The number of likely N-dealkylation sites (tertiary alicyclic amines) is 1. The second kappa shape index (κ2) is 8.56. The monoisotopic (exact) mass is 477 g/mol. The van der Waals surface area contributed by atoms with Crippen molar-refractivity contribution in [3.05, 3.63) is 29.3 Å². The van der Waals surface area contributed by atoms with Gasteiger partial charge in [0.05, 0.1) is 40.8 Å². The molecule has 3 fully saturated rings. The molecule has 1 spiro atoms. The number of benzene rings is 1. The number of hydrogen-bond acceptors (Lipinski definition) is 5. The van der Waals surface area contributed by atoms with E-state index >= 15 is 0 Å². The summed E-state index contributed by atoms with van der Waals surface area (Å²) in [6.07, 6.45) is 1.23. The molecule has 7 atom stereocenters. The topological polar surface area (TPSA) is 108 Å². The number of para-hydroxylation sites is 1. The fourth-order valence-corrected chi connectivity index (χ4v) is 6.24. The summed E-state index contributed by atoms with van der Waals surface area (Å²) in [5.74, 6) is -2.55. The normalized spacial score (nSPS) is 35.5. The first-order chi connectivity index (χ1) is 15.6. The molecule has 0 aromatic heterocycles. The fraction of sp³-hybridized carbons (Fsp3) is 0.625. The van der Waals surface area contributed by atoms with Gasteiger partial charge in [-0.05, 0) is 44.7 Å². The molecule has 0 radical (unpaired) electrons. The maximum atomic E-state index is 13.8. The predicted octanol–water partition coefficient (Wildman–Crippen LogP) is 2.20. The van der Waals surface area contributed by atoms with Crippen LogP contribution < -0.4 is 10.6 Å². The second-order valence-corrected chi connectivity index (χ2v) is 10.1. The molecule has 4 rings (SSSR count). The first-order valence-electron chi connectivity index (χ1n) is 11.6. The molecule has 3 N–H and O–H groups in total. The van der Waals surface area contributed by atoms with E-state index in [1.54, 1.807) is 31.2 Å². The van der Waals surface area contributed by atoms with Crippen LogP contribution in [-0.2, 0) is 19.1 Å². The van der Waals surface area contributed by atoms with E-state index in [4.69, 9.17) is 16.3 Å². The molecule has 0 aliphatic carbocycles. The van der Waals surface area contributed by atoms with Crippen molar-refractivity contribution in [1.29, 1.82) is 0 Å². The summed E-state index contributed by atoms with van der Waals surface area (Å²) in [4.78, 5) is 42.2. The number of nitrogens with one attached hydrogen (secondary N) is 2. The van der Waals surface area contributed by atoms with Gasteiger partial charge in [-0.3, -0.25) is 14.4 Å². The Morgan fingerprint density at radius 2 is 2.03 bits per heavy atom. The molecule has 3 heterocycles. The number of aliphatic hydroxyl groups excluding tert-OH is 1. The van der Waals surface area contributed by atoms with Gasteiger partial charge in [0.15, 0.2) is 0 Å². The molecule has 1 aromatic carbocycles. The van der Waals surface area contributed by atoms with Crippen molar-refractivity contribution < 1.29 is 24.2 Å². The average Bonchev–Trinajstić information content (AvgIpc) is 3.30. The number of carbonyl (C=O) groups excluding carboxylic acids is 3. The Morgan fingerprint density at radius 3 is 2.67 bits per heavy atom. The Kier molecular flexibility index (Phi) is 6.22. The number of ether oxygens (including phenoxy) is 1. The molecular formula is C24H32ClN3O5. The summed E-state index contributed by atoms with van der Waals surface area (Å²) in [5.41, 5.74) is -1.60. The Labute approximate surface area is 199 Å². The number of halogens is 1. The van der Waals surface area contributed by atoms with Gasteiger partial charge in [0.1, 0.15) is 11.6 Å². The van der Waals surface area contributed by atoms with Crippen LogP contribution in [0, 0.1) is 17.8 Å². The van der Waals surface area contributed by atoms with Crippen molar-refractivity contribution >= 4 is 35.0 Å². The van der Waals surface area contributed by atoms with Crippen LogP contribution in [0.2, 0.25) is 5.02 Å². The van der Waals surface area contributed by atoms with Gasteiger partial charge in [-0.1, -0.05) is 37.6 Å². The van der Waals surface area contributed by atoms with Crippen molar-refractivity contribution in [2.45, 2.75) is 63.8 Å². The number of aliphatic hydroxyl groups is 1. The van der Waals surface area contributed by atoms with Gasteiger partial charge in [-0.15, -0.1) is 0 Å². The number of carbonyl (C=O) groups is 3. The van der Waals surface area contributed by atoms with Crippen molar-refractivity contribution in [3.63, 3.8) is 0 Å². The number of amides is 3. The number of fused-ring (bicyclic) bond motifs is 1. The molecular weight excluding hydrogens is 446 g/mol. The van der Waals surface area contributed by atoms with E-state index in [-0.39, 0.29) is 24.3 Å². The van der Waals surface area contributed by atoms with Crippen LogP contribution in [0.1, 0.15) is 40.5 Å². The van der Waals surface area contributed by atoms with Crippen LogP contribution in [0.25, 0.3) is 0 Å². The van der Waals surface area contributed by atoms with Gasteiger partial charge in [-0.25, -0.2) is 0 Å². The quantitative estimate of drug-likeness (QED) is 0.558. The summed E-state index contributed by atoms with van der Waals surface area (Å²) in [6.45, 7) is 7.71. The first kappa shape index (κ1) is 24.0. The number of nitrogens with zero attached hydrogens (tertiary/aromatic N) is 1. The predicted molar refractivity (Wildman–Crippen MR) is 124 cm³/mol. The number of anilines is 1. The van der Waals surface area contributed by atoms with E-state index in [1.165, 1.54) is 4.90 Å². The molecule has 3 aliphatic heterocycles. The summed E-state index contributed by atoms with van der Waals surface area (Å²) in [5, 5.41) is 16.1. The molecule has 180 valence electrons. The lowest BCUT2D eigenvalue weighted by Gasteiger charge is -2.36. The van der Waals surface area contributed by atoms with Crippen LogP contribution in [0.15, 0.2) is 24.3 Å². The molecule has 9 heteroatoms. The highest BCUT2D eigenvalue weighted by atomic mass is 35.5. The highest BCUT2D eigenvalue weighted by molar-refractivity contribution is 6.33. The molecule has 8 nitrogen and oxygen atoms in total. The summed E-state index contributed by atoms with van der Waals surface area (Å²) in [6, 6.07) is 5.25. The number of hydrogen-bond donors (Lipinski definition) is 3. The smallest absolute Gasteiger partial charge is 0.250 e. The minimum absolute atomic E-state index is 0.0427. The van der Waals surface area contributed by atoms with E-state index < -0.39 is 41.0 Å².